The Kier molecular flexibility index (Phi) is 5.52. The number of nitrogens with one attached hydrogen (secondary N) is 1. The zero-order chi connectivity index (χ0) is 16.0. The lowest BCUT2D eigenvalue weighted by Gasteiger charge is -2.09. The number of ether oxygens (including phenoxy) is 1. The van der Waals surface area contributed by atoms with Gasteiger partial charge in [-0.3, -0.25) is 9.52 Å². The Morgan fingerprint density at radius 2 is 2.27 bits per heavy atom. The van der Waals surface area contributed by atoms with Crippen molar-refractivity contribution in [2.45, 2.75) is 25.0 Å². The molecule has 2 rings (SSSR count). The van der Waals surface area contributed by atoms with Gasteiger partial charge in [0.2, 0.25) is 15.9 Å². The molecule has 1 heterocycles. The number of carbonyl (C=O) groups excluding carboxylic acids is 1. The van der Waals surface area contributed by atoms with E-state index in [1.165, 1.54) is 6.07 Å². The van der Waals surface area contributed by atoms with Gasteiger partial charge < -0.3 is 4.74 Å². The predicted molar refractivity (Wildman–Crippen MR) is 80.1 cm³/mol. The van der Waals surface area contributed by atoms with Gasteiger partial charge in [0, 0.05) is 19.6 Å². The molecule has 1 N–H and O–H groups in total. The third kappa shape index (κ3) is 5.13. The highest BCUT2D eigenvalue weighted by Gasteiger charge is 2.19. The molecule has 7 heteroatoms. The van der Waals surface area contributed by atoms with Gasteiger partial charge >= 0.3 is 0 Å². The number of nitriles is 1. The molecule has 1 aliphatic heterocycles. The summed E-state index contributed by atoms with van der Waals surface area (Å²) in [5.41, 5.74) is 0.865. The van der Waals surface area contributed by atoms with Crippen LogP contribution in [0.5, 0.6) is 0 Å². The summed E-state index contributed by atoms with van der Waals surface area (Å²) >= 11 is 0. The summed E-state index contributed by atoms with van der Waals surface area (Å²) in [5, 5.41) is 8.80. The van der Waals surface area contributed by atoms with Crippen molar-refractivity contribution in [3.8, 4) is 6.07 Å². The molecule has 22 heavy (non-hydrogen) atoms. The number of rotatable bonds is 6. The van der Waals surface area contributed by atoms with Gasteiger partial charge in [-0.2, -0.15) is 5.26 Å². The van der Waals surface area contributed by atoms with Crippen LogP contribution in [0, 0.1) is 17.2 Å². The quantitative estimate of drug-likeness (QED) is 0.852. The molecule has 0 saturated carbocycles. The Bertz CT molecular complexity index is 673. The highest BCUT2D eigenvalue weighted by molar-refractivity contribution is 7.89. The molecule has 1 atom stereocenters. The molecule has 1 fully saturated rings. The largest absolute Gasteiger partial charge is 0.381 e. The summed E-state index contributed by atoms with van der Waals surface area (Å²) in [5.74, 6) is -0.482. The smallest absolute Gasteiger partial charge is 0.239 e. The van der Waals surface area contributed by atoms with Crippen LogP contribution < -0.4 is 4.72 Å². The Labute approximate surface area is 130 Å². The van der Waals surface area contributed by atoms with E-state index in [1.807, 2.05) is 6.07 Å². The number of nitrogens with zero attached hydrogens (tertiary/aromatic N) is 1. The van der Waals surface area contributed by atoms with Crippen molar-refractivity contribution in [2.24, 2.45) is 5.92 Å². The van der Waals surface area contributed by atoms with E-state index in [-0.39, 0.29) is 12.2 Å². The maximum atomic E-state index is 12.0. The fourth-order valence-corrected chi connectivity index (χ4v) is 3.50. The molecule has 1 saturated heterocycles. The topological polar surface area (TPSA) is 96.3 Å². The molecule has 0 radical (unpaired) electrons. The van der Waals surface area contributed by atoms with Crippen LogP contribution >= 0.6 is 0 Å². The lowest BCUT2D eigenvalue weighted by Crippen LogP contribution is -2.31. The first-order valence-corrected chi connectivity index (χ1v) is 8.74. The van der Waals surface area contributed by atoms with E-state index in [0.717, 1.165) is 6.42 Å². The van der Waals surface area contributed by atoms with Gasteiger partial charge in [0.05, 0.1) is 17.4 Å². The molecular formula is C15H18N2O4S. The van der Waals surface area contributed by atoms with Gasteiger partial charge in [-0.1, -0.05) is 12.1 Å². The molecule has 0 bridgehead atoms. The molecule has 1 amide bonds. The average Bonchev–Trinajstić information content (AvgIpc) is 2.97. The maximum absolute atomic E-state index is 12.0. The third-order valence-corrected chi connectivity index (χ3v) is 4.74. The van der Waals surface area contributed by atoms with E-state index < -0.39 is 15.9 Å². The van der Waals surface area contributed by atoms with Crippen molar-refractivity contribution in [3.05, 3.63) is 35.4 Å². The second-order valence-electron chi connectivity index (χ2n) is 5.36. The SMILES string of the molecule is N#Cc1cccc(CS(=O)(=O)NC(=O)CC[C@@H]2CCOC2)c1. The summed E-state index contributed by atoms with van der Waals surface area (Å²) in [6.45, 7) is 1.35. The second-order valence-corrected chi connectivity index (χ2v) is 7.09. The fraction of sp³-hybridized carbons (Fsp3) is 0.467. The predicted octanol–water partition coefficient (Wildman–Crippen LogP) is 1.32. The van der Waals surface area contributed by atoms with Crippen LogP contribution in [0.25, 0.3) is 0 Å². The highest BCUT2D eigenvalue weighted by Crippen LogP contribution is 2.18. The number of hydrogen-bond donors (Lipinski definition) is 1. The molecule has 0 spiro atoms. The van der Waals surface area contributed by atoms with Gasteiger partial charge in [-0.25, -0.2) is 8.42 Å². The van der Waals surface area contributed by atoms with Crippen molar-refractivity contribution in [1.82, 2.24) is 4.72 Å². The van der Waals surface area contributed by atoms with E-state index in [9.17, 15) is 13.2 Å². The fourth-order valence-electron chi connectivity index (χ4n) is 2.36. The highest BCUT2D eigenvalue weighted by atomic mass is 32.2. The number of amides is 1. The summed E-state index contributed by atoms with van der Waals surface area (Å²) in [4.78, 5) is 11.7. The molecule has 0 aliphatic carbocycles. The van der Waals surface area contributed by atoms with Crippen molar-refractivity contribution in [3.63, 3.8) is 0 Å². The standard InChI is InChI=1S/C15H18N2O4S/c16-9-13-2-1-3-14(8-13)11-22(19,20)17-15(18)5-4-12-6-7-21-10-12/h1-3,8,12H,4-7,10-11H2,(H,17,18)/t12-/m1/s1. The zero-order valence-electron chi connectivity index (χ0n) is 12.1. The number of hydrogen-bond acceptors (Lipinski definition) is 5. The lowest BCUT2D eigenvalue weighted by atomic mass is 10.0. The van der Waals surface area contributed by atoms with Crippen LogP contribution in [0.3, 0.4) is 0 Å². The number of sulfonamides is 1. The summed E-state index contributed by atoms with van der Waals surface area (Å²) in [7, 11) is -3.74. The van der Waals surface area contributed by atoms with E-state index in [4.69, 9.17) is 10.00 Å². The van der Waals surface area contributed by atoms with Crippen LogP contribution in [-0.2, 0) is 25.3 Å². The summed E-state index contributed by atoms with van der Waals surface area (Å²) in [6, 6.07) is 8.27. The third-order valence-electron chi connectivity index (χ3n) is 3.49. The minimum atomic E-state index is -3.74. The van der Waals surface area contributed by atoms with Crippen LogP contribution in [-0.4, -0.2) is 27.5 Å². The van der Waals surface area contributed by atoms with E-state index >= 15 is 0 Å². The van der Waals surface area contributed by atoms with Crippen LogP contribution in [0.15, 0.2) is 24.3 Å². The summed E-state index contributed by atoms with van der Waals surface area (Å²) in [6.07, 6.45) is 1.72. The first-order chi connectivity index (χ1) is 10.5. The van der Waals surface area contributed by atoms with Gasteiger partial charge in [0.1, 0.15) is 0 Å². The normalized spacial score (nSPS) is 17.9. The first kappa shape index (κ1) is 16.5. The van der Waals surface area contributed by atoms with Crippen molar-refractivity contribution in [2.75, 3.05) is 13.2 Å². The van der Waals surface area contributed by atoms with Crippen molar-refractivity contribution >= 4 is 15.9 Å². The molecule has 118 valence electrons. The molecule has 1 aliphatic rings. The lowest BCUT2D eigenvalue weighted by molar-refractivity contribution is -0.119. The van der Waals surface area contributed by atoms with E-state index in [0.29, 0.717) is 36.7 Å². The van der Waals surface area contributed by atoms with Crippen molar-refractivity contribution in [1.29, 1.82) is 5.26 Å². The zero-order valence-corrected chi connectivity index (χ0v) is 12.9. The van der Waals surface area contributed by atoms with E-state index in [2.05, 4.69) is 4.72 Å². The molecule has 0 aromatic heterocycles. The minimum absolute atomic E-state index is 0.172. The first-order valence-electron chi connectivity index (χ1n) is 7.08. The summed E-state index contributed by atoms with van der Waals surface area (Å²) < 4.78 is 31.2. The molecular weight excluding hydrogens is 304 g/mol. The van der Waals surface area contributed by atoms with Gasteiger partial charge in [0.15, 0.2) is 0 Å². The molecule has 6 nitrogen and oxygen atoms in total. The number of carbonyl (C=O) groups is 1. The minimum Gasteiger partial charge on any atom is -0.381 e. The Morgan fingerprint density at radius 3 is 2.95 bits per heavy atom. The average molecular weight is 322 g/mol. The Hall–Kier alpha value is -1.91. The van der Waals surface area contributed by atoms with Crippen LogP contribution in [0.4, 0.5) is 0 Å². The monoisotopic (exact) mass is 322 g/mol. The van der Waals surface area contributed by atoms with Gasteiger partial charge in [-0.05, 0) is 36.5 Å². The van der Waals surface area contributed by atoms with E-state index in [1.54, 1.807) is 18.2 Å². The Balaban J connectivity index is 1.86. The van der Waals surface area contributed by atoms with Gasteiger partial charge in [-0.15, -0.1) is 0 Å². The van der Waals surface area contributed by atoms with Gasteiger partial charge in [0.25, 0.3) is 0 Å². The maximum Gasteiger partial charge on any atom is 0.239 e. The van der Waals surface area contributed by atoms with Crippen molar-refractivity contribution < 1.29 is 17.9 Å². The van der Waals surface area contributed by atoms with Crippen LogP contribution in [0.2, 0.25) is 0 Å². The number of benzene rings is 1. The Morgan fingerprint density at radius 1 is 1.45 bits per heavy atom. The molecule has 1 aromatic carbocycles. The second kappa shape index (κ2) is 7.38. The molecule has 1 aromatic rings. The molecule has 0 unspecified atom stereocenters. The van der Waals surface area contributed by atoms with Crippen LogP contribution in [0.1, 0.15) is 30.4 Å².